The summed E-state index contributed by atoms with van der Waals surface area (Å²) >= 11 is 0. The normalized spacial score (nSPS) is 11.9. The van der Waals surface area contributed by atoms with Crippen LogP contribution in [0.2, 0.25) is 0 Å². The zero-order chi connectivity index (χ0) is 34.7. The van der Waals surface area contributed by atoms with Gasteiger partial charge in [-0.05, 0) is 43.4 Å². The highest BCUT2D eigenvalue weighted by molar-refractivity contribution is 6.29. The van der Waals surface area contributed by atoms with E-state index in [1.54, 1.807) is 12.1 Å². The Morgan fingerprint density at radius 2 is 0.740 bits per heavy atom. The number of aromatic hydroxyl groups is 9. The van der Waals surface area contributed by atoms with Gasteiger partial charge < -0.3 is 50.4 Å². The number of benzene rings is 8. The number of phenols is 9. The molecule has 0 saturated heterocycles. The molecular formula is C40H24O10. The molecule has 9 aromatic rings. The van der Waals surface area contributed by atoms with Crippen molar-refractivity contribution in [2.24, 2.45) is 0 Å². The molecule has 0 amide bonds. The molecule has 9 N–H and O–H groups in total. The Hall–Kier alpha value is -7.20. The minimum Gasteiger partial charge on any atom is -0.506 e. The maximum Gasteiger partial charge on any atom is 0.205 e. The molecule has 50 heavy (non-hydrogen) atoms. The van der Waals surface area contributed by atoms with Crippen LogP contribution in [0.1, 0.15) is 0 Å². The molecule has 0 aliphatic carbocycles. The van der Waals surface area contributed by atoms with Crippen LogP contribution in [0.5, 0.6) is 51.7 Å². The number of hydrogen-bond donors (Lipinski definition) is 9. The van der Waals surface area contributed by atoms with E-state index in [1.165, 1.54) is 0 Å². The van der Waals surface area contributed by atoms with E-state index in [0.717, 1.165) is 32.7 Å². The highest BCUT2D eigenvalue weighted by Gasteiger charge is 2.33. The highest BCUT2D eigenvalue weighted by atomic mass is 16.4. The third kappa shape index (κ3) is 3.50. The summed E-state index contributed by atoms with van der Waals surface area (Å²) in [7, 11) is 0. The smallest absolute Gasteiger partial charge is 0.205 e. The Kier molecular flexibility index (Phi) is 5.74. The van der Waals surface area contributed by atoms with E-state index in [0.29, 0.717) is 16.3 Å². The molecular weight excluding hydrogens is 640 g/mol. The van der Waals surface area contributed by atoms with E-state index in [2.05, 4.69) is 0 Å². The zero-order valence-corrected chi connectivity index (χ0v) is 25.6. The summed E-state index contributed by atoms with van der Waals surface area (Å²) in [5.41, 5.74) is 0.967. The molecule has 1 heterocycles. The first-order valence-electron chi connectivity index (χ1n) is 15.4. The SMILES string of the molecule is Oc1c(-c2c3ccccc3c(-c3cccc4ccccc34)c3ccccc23)c(O)c2c(oc3c4c(O)c(O)c(O)c(O)c4c(O)c(O)c32)c1O. The lowest BCUT2D eigenvalue weighted by molar-refractivity contribution is 0.349. The van der Waals surface area contributed by atoms with Crippen LogP contribution >= 0.6 is 0 Å². The zero-order valence-electron chi connectivity index (χ0n) is 25.6. The highest BCUT2D eigenvalue weighted by Crippen LogP contribution is 2.61. The largest absolute Gasteiger partial charge is 0.506 e. The van der Waals surface area contributed by atoms with E-state index in [9.17, 15) is 46.0 Å². The van der Waals surface area contributed by atoms with Crippen molar-refractivity contribution in [3.63, 3.8) is 0 Å². The van der Waals surface area contributed by atoms with Crippen molar-refractivity contribution in [3.05, 3.63) is 91.0 Å². The van der Waals surface area contributed by atoms with Crippen LogP contribution in [0.15, 0.2) is 95.4 Å². The summed E-state index contributed by atoms with van der Waals surface area (Å²) < 4.78 is 5.80. The molecule has 9 rings (SSSR count). The van der Waals surface area contributed by atoms with Crippen molar-refractivity contribution in [3.8, 4) is 74.0 Å². The number of phenolic OH excluding ortho intramolecular Hbond substituents is 9. The second kappa shape index (κ2) is 9.91. The fourth-order valence-electron chi connectivity index (χ4n) is 7.44. The molecule has 1 aromatic heterocycles. The summed E-state index contributed by atoms with van der Waals surface area (Å²) in [4.78, 5) is 0. The van der Waals surface area contributed by atoms with Crippen LogP contribution in [-0.2, 0) is 0 Å². The molecule has 10 heteroatoms. The summed E-state index contributed by atoms with van der Waals surface area (Å²) in [5.74, 6) is -8.65. The summed E-state index contributed by atoms with van der Waals surface area (Å²) in [6.07, 6.45) is 0. The molecule has 0 atom stereocenters. The molecule has 8 aromatic carbocycles. The Bertz CT molecular complexity index is 2910. The predicted molar refractivity (Wildman–Crippen MR) is 190 cm³/mol. The number of fused-ring (bicyclic) bond motifs is 8. The van der Waals surface area contributed by atoms with E-state index in [4.69, 9.17) is 4.42 Å². The second-order valence-electron chi connectivity index (χ2n) is 12.1. The Morgan fingerprint density at radius 1 is 0.300 bits per heavy atom. The van der Waals surface area contributed by atoms with Gasteiger partial charge in [-0.2, -0.15) is 0 Å². The van der Waals surface area contributed by atoms with Gasteiger partial charge in [-0.3, -0.25) is 0 Å². The molecule has 244 valence electrons. The average Bonchev–Trinajstić information content (AvgIpc) is 3.54. The van der Waals surface area contributed by atoms with Crippen LogP contribution in [0.3, 0.4) is 0 Å². The molecule has 0 spiro atoms. The van der Waals surface area contributed by atoms with Crippen molar-refractivity contribution in [2.75, 3.05) is 0 Å². The summed E-state index contributed by atoms with van der Waals surface area (Å²) in [6, 6.07) is 28.9. The summed E-state index contributed by atoms with van der Waals surface area (Å²) in [6.45, 7) is 0. The minimum atomic E-state index is -1.17. The summed E-state index contributed by atoms with van der Waals surface area (Å²) in [5, 5.41) is 102. The molecule has 10 nitrogen and oxygen atoms in total. The van der Waals surface area contributed by atoms with Gasteiger partial charge >= 0.3 is 0 Å². The maximum atomic E-state index is 12.1. The maximum absolute atomic E-state index is 12.1. The quantitative estimate of drug-likeness (QED) is 0.0489. The predicted octanol–water partition coefficient (Wildman–Crippen LogP) is 8.88. The van der Waals surface area contributed by atoms with Gasteiger partial charge in [0, 0.05) is 5.56 Å². The molecule has 0 unspecified atom stereocenters. The second-order valence-corrected chi connectivity index (χ2v) is 12.1. The third-order valence-electron chi connectivity index (χ3n) is 9.62. The lowest BCUT2D eigenvalue weighted by Gasteiger charge is -2.20. The third-order valence-corrected chi connectivity index (χ3v) is 9.62. The first-order chi connectivity index (χ1) is 24.1. The lowest BCUT2D eigenvalue weighted by Crippen LogP contribution is -1.93. The fraction of sp³-hybridized carbons (Fsp3) is 0. The monoisotopic (exact) mass is 664 g/mol. The number of rotatable bonds is 2. The van der Waals surface area contributed by atoms with Crippen molar-refractivity contribution < 1.29 is 50.4 Å². The van der Waals surface area contributed by atoms with E-state index in [1.807, 2.05) is 78.9 Å². The molecule has 0 saturated carbocycles. The van der Waals surface area contributed by atoms with Gasteiger partial charge in [-0.15, -0.1) is 0 Å². The van der Waals surface area contributed by atoms with E-state index < -0.39 is 79.1 Å². The van der Waals surface area contributed by atoms with Crippen LogP contribution in [0, 0.1) is 0 Å². The molecule has 0 radical (unpaired) electrons. The average molecular weight is 665 g/mol. The van der Waals surface area contributed by atoms with Gasteiger partial charge in [0.2, 0.25) is 17.2 Å². The van der Waals surface area contributed by atoms with Crippen molar-refractivity contribution in [1.82, 2.24) is 0 Å². The molecule has 0 fully saturated rings. The lowest BCUT2D eigenvalue weighted by atomic mass is 9.84. The van der Waals surface area contributed by atoms with Gasteiger partial charge in [0.15, 0.2) is 39.9 Å². The minimum absolute atomic E-state index is 0.214. The Morgan fingerprint density at radius 3 is 1.36 bits per heavy atom. The Balaban J connectivity index is 1.48. The van der Waals surface area contributed by atoms with Gasteiger partial charge in [0.05, 0.1) is 27.1 Å². The van der Waals surface area contributed by atoms with Gasteiger partial charge in [0.1, 0.15) is 5.75 Å². The first-order valence-corrected chi connectivity index (χ1v) is 15.4. The fourth-order valence-corrected chi connectivity index (χ4v) is 7.44. The van der Waals surface area contributed by atoms with Gasteiger partial charge in [-0.25, -0.2) is 0 Å². The van der Waals surface area contributed by atoms with Crippen LogP contribution in [-0.4, -0.2) is 46.0 Å². The number of hydrogen-bond acceptors (Lipinski definition) is 10. The van der Waals surface area contributed by atoms with Crippen molar-refractivity contribution in [1.29, 1.82) is 0 Å². The molecule has 0 bridgehead atoms. The molecule has 0 aliphatic rings. The van der Waals surface area contributed by atoms with Crippen molar-refractivity contribution >= 4 is 65.0 Å². The van der Waals surface area contributed by atoms with E-state index in [-0.39, 0.29) is 10.9 Å². The van der Waals surface area contributed by atoms with E-state index >= 15 is 0 Å². The first kappa shape index (κ1) is 29.0. The van der Waals surface area contributed by atoms with Crippen LogP contribution in [0.4, 0.5) is 0 Å². The van der Waals surface area contributed by atoms with Gasteiger partial charge in [0.25, 0.3) is 0 Å². The topological polar surface area (TPSA) is 195 Å². The van der Waals surface area contributed by atoms with Gasteiger partial charge in [-0.1, -0.05) is 91.0 Å². The standard InChI is InChI=1S/C40H24O10/c41-30-25(33(44)38(49)40-28(30)29-34(45)31(42)26-27(39(29)50-40)35(46)37(48)36(47)32(26)43)24-21-13-5-3-11-19(21)23(20-12-4-6-14-22(20)24)18-15-7-9-16-8-1-2-10-17(16)18/h1-15,41-49H. The Labute approximate surface area is 280 Å². The van der Waals surface area contributed by atoms with Crippen LogP contribution < -0.4 is 0 Å². The molecule has 0 aliphatic heterocycles. The number of furan rings is 1. The van der Waals surface area contributed by atoms with Crippen LogP contribution in [0.25, 0.3) is 87.3 Å². The van der Waals surface area contributed by atoms with Crippen molar-refractivity contribution in [2.45, 2.75) is 0 Å².